The number of aromatic nitrogens is 4. The number of imide groups is 1. The number of hydrogen-bond donors (Lipinski definition) is 3. The number of carbonyl (C=O) groups excluding carboxylic acids is 3. The number of hydrogen-bond acceptors (Lipinski definition) is 10. The predicted octanol–water partition coefficient (Wildman–Crippen LogP) is 7.06. The Morgan fingerprint density at radius 2 is 1.68 bits per heavy atom. The van der Waals surface area contributed by atoms with Gasteiger partial charge in [0.25, 0.3) is 11.8 Å². The van der Waals surface area contributed by atoms with Crippen molar-refractivity contribution < 1.29 is 23.2 Å². The van der Waals surface area contributed by atoms with Gasteiger partial charge in [-0.05, 0) is 92.1 Å². The Bertz CT molecular complexity index is 2520. The number of amides is 4. The number of likely N-dealkylation sites (tertiary alicyclic amines) is 2. The average Bonchev–Trinajstić information content (AvgIpc) is 3.99. The molecule has 2 aromatic carbocycles. The maximum atomic E-state index is 15.9. The first-order chi connectivity index (χ1) is 30.4. The molecule has 7 heterocycles. The summed E-state index contributed by atoms with van der Waals surface area (Å²) < 4.78 is 33.2. The van der Waals surface area contributed by atoms with Crippen molar-refractivity contribution in [1.82, 2.24) is 34.7 Å². The Kier molecular flexibility index (Phi) is 12.0. The number of urea groups is 1. The SMILES string of the molecule is C1CC1.CNc1cc(N2CCc3c(-c4ccc(CN5CCC(N6CCC(Cc7ccc(Cl)c(N8CCC(=O)NC8=O)c7)CC6)C(F)(F)C5)cn4)cccc32)nn2c(C(N)=O)cnc12. The molecule has 4 fully saturated rings. The molecule has 1 aliphatic carbocycles. The predicted molar refractivity (Wildman–Crippen MR) is 239 cm³/mol. The molecule has 4 N–H and O–H groups in total. The van der Waals surface area contributed by atoms with E-state index in [9.17, 15) is 14.4 Å². The van der Waals surface area contributed by atoms with Gasteiger partial charge in [0.2, 0.25) is 5.91 Å². The largest absolute Gasteiger partial charge is 0.385 e. The number of alkyl halides is 2. The number of anilines is 4. The number of carbonyl (C=O) groups is 3. The lowest BCUT2D eigenvalue weighted by molar-refractivity contribution is -0.133. The molecule has 10 rings (SSSR count). The summed E-state index contributed by atoms with van der Waals surface area (Å²) in [4.78, 5) is 52.7. The smallest absolute Gasteiger partial charge is 0.328 e. The van der Waals surface area contributed by atoms with E-state index in [2.05, 4.69) is 20.5 Å². The van der Waals surface area contributed by atoms with Crippen molar-refractivity contribution in [2.75, 3.05) is 61.4 Å². The number of primary amides is 1. The molecule has 63 heavy (non-hydrogen) atoms. The van der Waals surface area contributed by atoms with Crippen LogP contribution in [-0.4, -0.2) is 106 Å². The van der Waals surface area contributed by atoms with Crippen LogP contribution in [0.25, 0.3) is 16.9 Å². The van der Waals surface area contributed by atoms with Crippen LogP contribution in [0.15, 0.2) is 67.0 Å². The monoisotopic (exact) mass is 879 g/mol. The highest BCUT2D eigenvalue weighted by atomic mass is 35.5. The first kappa shape index (κ1) is 42.6. The van der Waals surface area contributed by atoms with Crippen molar-refractivity contribution in [2.24, 2.45) is 11.7 Å². The molecular formula is C46H52ClF2N11O3. The molecule has 5 aromatic rings. The van der Waals surface area contributed by atoms with Crippen molar-refractivity contribution in [2.45, 2.75) is 76.3 Å². The summed E-state index contributed by atoms with van der Waals surface area (Å²) in [5, 5.41) is 10.7. The highest BCUT2D eigenvalue weighted by Crippen LogP contribution is 2.41. The van der Waals surface area contributed by atoms with E-state index in [1.54, 1.807) is 19.3 Å². The lowest BCUT2D eigenvalue weighted by atomic mass is 9.88. The Morgan fingerprint density at radius 1 is 0.905 bits per heavy atom. The summed E-state index contributed by atoms with van der Waals surface area (Å²) in [6, 6.07) is 16.3. The van der Waals surface area contributed by atoms with Crippen molar-refractivity contribution >= 4 is 58.0 Å². The Balaban J connectivity index is 0.00000161. The second-order valence-electron chi connectivity index (χ2n) is 17.2. The molecule has 1 unspecified atom stereocenters. The summed E-state index contributed by atoms with van der Waals surface area (Å²) in [6.45, 7) is 2.82. The van der Waals surface area contributed by atoms with E-state index < -0.39 is 23.9 Å². The van der Waals surface area contributed by atoms with Crippen LogP contribution in [0.1, 0.15) is 72.1 Å². The number of piperidine rings is 2. The minimum absolute atomic E-state index is 0.196. The molecule has 3 saturated heterocycles. The summed E-state index contributed by atoms with van der Waals surface area (Å²) >= 11 is 6.45. The number of fused-ring (bicyclic) bond motifs is 2. The summed E-state index contributed by atoms with van der Waals surface area (Å²) in [5.74, 6) is -2.80. The molecule has 0 spiro atoms. The maximum Gasteiger partial charge on any atom is 0.328 e. The first-order valence-electron chi connectivity index (χ1n) is 21.9. The molecule has 1 saturated carbocycles. The van der Waals surface area contributed by atoms with Crippen LogP contribution < -0.4 is 26.2 Å². The van der Waals surface area contributed by atoms with E-state index >= 15 is 8.78 Å². The topological polar surface area (TPSA) is 157 Å². The lowest BCUT2D eigenvalue weighted by Gasteiger charge is -2.46. The van der Waals surface area contributed by atoms with Crippen LogP contribution in [-0.2, 0) is 24.2 Å². The van der Waals surface area contributed by atoms with Gasteiger partial charge in [0.15, 0.2) is 11.5 Å². The van der Waals surface area contributed by atoms with Gasteiger partial charge in [-0.3, -0.25) is 34.6 Å². The van der Waals surface area contributed by atoms with Crippen molar-refractivity contribution in [1.29, 1.82) is 0 Å². The fourth-order valence-electron chi connectivity index (χ4n) is 9.36. The highest BCUT2D eigenvalue weighted by molar-refractivity contribution is 6.34. The second-order valence-corrected chi connectivity index (χ2v) is 17.6. The van der Waals surface area contributed by atoms with Crippen LogP contribution in [0, 0.1) is 5.92 Å². The van der Waals surface area contributed by atoms with Crippen LogP contribution in [0.5, 0.6) is 0 Å². The van der Waals surface area contributed by atoms with Gasteiger partial charge in [-0.25, -0.2) is 23.1 Å². The molecule has 1 atom stereocenters. The second kappa shape index (κ2) is 17.8. The third kappa shape index (κ3) is 9.06. The van der Waals surface area contributed by atoms with Gasteiger partial charge in [0.1, 0.15) is 5.69 Å². The van der Waals surface area contributed by atoms with Crippen molar-refractivity contribution in [3.8, 4) is 11.3 Å². The number of imidazole rings is 1. The Labute approximate surface area is 369 Å². The van der Waals surface area contributed by atoms with Crippen LogP contribution >= 0.6 is 11.6 Å². The van der Waals surface area contributed by atoms with Gasteiger partial charge in [-0.2, -0.15) is 0 Å². The number of halogens is 3. The molecule has 0 bridgehead atoms. The lowest BCUT2D eigenvalue weighted by Crippen LogP contribution is -2.59. The van der Waals surface area contributed by atoms with Gasteiger partial charge in [-0.1, -0.05) is 55.1 Å². The quantitative estimate of drug-likeness (QED) is 0.133. The molecule has 4 aliphatic heterocycles. The van der Waals surface area contributed by atoms with Crippen molar-refractivity contribution in [3.63, 3.8) is 0 Å². The number of benzene rings is 2. The fourth-order valence-corrected chi connectivity index (χ4v) is 9.58. The number of nitrogens with one attached hydrogen (secondary N) is 2. The van der Waals surface area contributed by atoms with Gasteiger partial charge >= 0.3 is 6.03 Å². The molecule has 14 nitrogen and oxygen atoms in total. The molecule has 4 amide bonds. The summed E-state index contributed by atoms with van der Waals surface area (Å²) in [6.07, 6.45) is 11.4. The minimum atomic E-state index is -2.86. The minimum Gasteiger partial charge on any atom is -0.385 e. The van der Waals surface area contributed by atoms with Gasteiger partial charge < -0.3 is 16.0 Å². The number of nitrogens with zero attached hydrogens (tertiary/aromatic N) is 8. The summed E-state index contributed by atoms with van der Waals surface area (Å²) in [7, 11) is 1.79. The molecular weight excluding hydrogens is 828 g/mol. The maximum absolute atomic E-state index is 15.9. The molecule has 3 aromatic heterocycles. The molecule has 17 heteroatoms. The van der Waals surface area contributed by atoms with E-state index in [1.807, 2.05) is 58.3 Å². The zero-order chi connectivity index (χ0) is 43.8. The average molecular weight is 880 g/mol. The van der Waals surface area contributed by atoms with E-state index in [4.69, 9.17) is 27.4 Å². The highest BCUT2D eigenvalue weighted by Gasteiger charge is 2.48. The van der Waals surface area contributed by atoms with E-state index in [1.165, 1.54) is 34.9 Å². The van der Waals surface area contributed by atoms with Crippen LogP contribution in [0.3, 0.4) is 0 Å². The number of pyridine rings is 1. The summed E-state index contributed by atoms with van der Waals surface area (Å²) in [5.41, 5.74) is 13.4. The molecule has 0 radical (unpaired) electrons. The normalized spacial score (nSPS) is 20.3. The van der Waals surface area contributed by atoms with Gasteiger partial charge in [0.05, 0.1) is 40.9 Å². The van der Waals surface area contributed by atoms with Gasteiger partial charge in [0, 0.05) is 63.2 Å². The number of rotatable bonds is 10. The van der Waals surface area contributed by atoms with Gasteiger partial charge in [-0.15, -0.1) is 5.10 Å². The zero-order valence-corrected chi connectivity index (χ0v) is 36.1. The Morgan fingerprint density at radius 3 is 2.38 bits per heavy atom. The van der Waals surface area contributed by atoms with E-state index in [-0.39, 0.29) is 31.1 Å². The van der Waals surface area contributed by atoms with Crippen LogP contribution in [0.4, 0.5) is 36.5 Å². The Hall–Kier alpha value is -5.71. The van der Waals surface area contributed by atoms with E-state index in [0.29, 0.717) is 72.9 Å². The standard InChI is InChI=1S/C43H46ClF2N11O3.C3H6/c1-48-33-21-38(52-57-36(40(47)59)23-50-41(33)57)55-17-11-30-29(3-2-4-34(30)55)32-8-6-28(22-49-32)24-53-14-12-37(43(45,46)25-53)54-15-9-26(10-16-54)19-27-5-7-31(44)35(20-27)56-18-13-39(58)51-42(56)60;1-2-3-1/h2-8,20-23,26,37,48H,9-19,24-25H2,1H3,(H2,47,59)(H,51,58,60);1-3H2. The molecule has 330 valence electrons. The third-order valence-electron chi connectivity index (χ3n) is 12.8. The van der Waals surface area contributed by atoms with Crippen molar-refractivity contribution in [3.05, 3.63) is 94.4 Å². The molecule has 5 aliphatic rings. The zero-order valence-electron chi connectivity index (χ0n) is 35.3. The van der Waals surface area contributed by atoms with E-state index in [0.717, 1.165) is 59.3 Å². The third-order valence-corrected chi connectivity index (χ3v) is 13.1. The van der Waals surface area contributed by atoms with Crippen LogP contribution in [0.2, 0.25) is 5.02 Å². The first-order valence-corrected chi connectivity index (χ1v) is 22.3. The fraction of sp³-hybridized carbons (Fsp3) is 0.435. The number of nitrogens with two attached hydrogens (primary N) is 1.